The van der Waals surface area contributed by atoms with Gasteiger partial charge in [-0.25, -0.2) is 0 Å². The number of rotatable bonds is 2. The van der Waals surface area contributed by atoms with Crippen molar-refractivity contribution in [3.05, 3.63) is 11.6 Å². The summed E-state index contributed by atoms with van der Waals surface area (Å²) >= 11 is 0. The molecule has 1 aromatic rings. The van der Waals surface area contributed by atoms with Gasteiger partial charge in [-0.1, -0.05) is 0 Å². The first kappa shape index (κ1) is 11.6. The molecule has 3 rings (SSSR count). The third kappa shape index (κ3) is 1.90. The lowest BCUT2D eigenvalue weighted by Gasteiger charge is -2.25. The summed E-state index contributed by atoms with van der Waals surface area (Å²) in [6.45, 7) is 2.85. The van der Waals surface area contributed by atoms with Crippen molar-refractivity contribution in [1.82, 2.24) is 20.1 Å². The van der Waals surface area contributed by atoms with E-state index in [1.165, 1.54) is 0 Å². The highest BCUT2D eigenvalue weighted by molar-refractivity contribution is 5.75. The molecule has 0 amide bonds. The Morgan fingerprint density at radius 1 is 1.28 bits per heavy atom. The molecule has 0 radical (unpaired) electrons. The van der Waals surface area contributed by atoms with Crippen LogP contribution in [0.3, 0.4) is 0 Å². The van der Waals surface area contributed by atoms with E-state index in [4.69, 9.17) is 0 Å². The normalized spacial score (nSPS) is 27.8. The van der Waals surface area contributed by atoms with E-state index in [1.54, 1.807) is 0 Å². The average Bonchev–Trinajstić information content (AvgIpc) is 2.83. The Bertz CT molecular complexity index is 451. The zero-order chi connectivity index (χ0) is 12.5. The van der Waals surface area contributed by atoms with Crippen LogP contribution in [-0.4, -0.2) is 38.9 Å². The summed E-state index contributed by atoms with van der Waals surface area (Å²) in [5.41, 5.74) is 0. The van der Waals surface area contributed by atoms with Gasteiger partial charge in [0.15, 0.2) is 0 Å². The fraction of sp³-hybridized carbons (Fsp3) is 0.750. The van der Waals surface area contributed by atoms with Gasteiger partial charge in [0.05, 0.1) is 0 Å². The van der Waals surface area contributed by atoms with Crippen LogP contribution < -0.4 is 5.32 Å². The van der Waals surface area contributed by atoms with E-state index in [0.29, 0.717) is 18.2 Å². The first-order chi connectivity index (χ1) is 8.77. The van der Waals surface area contributed by atoms with Crippen molar-refractivity contribution in [1.29, 1.82) is 0 Å². The van der Waals surface area contributed by atoms with Gasteiger partial charge in [0.2, 0.25) is 0 Å². The number of hydrogen-bond donors (Lipinski definition) is 2. The van der Waals surface area contributed by atoms with Gasteiger partial charge < -0.3 is 15.0 Å². The van der Waals surface area contributed by atoms with Crippen LogP contribution in [0.1, 0.15) is 49.2 Å². The van der Waals surface area contributed by atoms with E-state index in [0.717, 1.165) is 44.7 Å². The van der Waals surface area contributed by atoms with E-state index >= 15 is 0 Å². The van der Waals surface area contributed by atoms with Crippen molar-refractivity contribution >= 4 is 5.97 Å². The molecule has 0 spiro atoms. The third-order valence-corrected chi connectivity index (χ3v) is 3.95. The standard InChI is InChI=1S/C12H18N4O2/c17-12(18)9-4-2-6-16-10(14-15-11(9)16)8-3-1-5-13-7-8/h8-9,13H,1-7H2,(H,17,18). The van der Waals surface area contributed by atoms with E-state index in [2.05, 4.69) is 15.5 Å². The molecule has 0 aliphatic carbocycles. The second-order valence-corrected chi connectivity index (χ2v) is 5.14. The molecule has 2 N–H and O–H groups in total. The second-order valence-electron chi connectivity index (χ2n) is 5.14. The summed E-state index contributed by atoms with van der Waals surface area (Å²) in [4.78, 5) is 11.2. The minimum atomic E-state index is -0.781. The van der Waals surface area contributed by atoms with E-state index in [-0.39, 0.29) is 0 Å². The van der Waals surface area contributed by atoms with Crippen LogP contribution in [0.4, 0.5) is 0 Å². The monoisotopic (exact) mass is 250 g/mol. The number of fused-ring (bicyclic) bond motifs is 1. The minimum absolute atomic E-state index is 0.382. The molecular weight excluding hydrogens is 232 g/mol. The number of piperidine rings is 1. The van der Waals surface area contributed by atoms with Crippen molar-refractivity contribution in [3.63, 3.8) is 0 Å². The first-order valence-corrected chi connectivity index (χ1v) is 6.64. The lowest BCUT2D eigenvalue weighted by Crippen LogP contribution is -2.31. The Morgan fingerprint density at radius 3 is 2.83 bits per heavy atom. The van der Waals surface area contributed by atoms with Crippen LogP contribution in [0.15, 0.2) is 0 Å². The van der Waals surface area contributed by atoms with Gasteiger partial charge in [-0.3, -0.25) is 4.79 Å². The number of carboxylic acid groups (broad SMARTS) is 1. The number of hydrogen-bond acceptors (Lipinski definition) is 4. The first-order valence-electron chi connectivity index (χ1n) is 6.64. The number of carbonyl (C=O) groups is 1. The van der Waals surface area contributed by atoms with Crippen LogP contribution in [0.25, 0.3) is 0 Å². The zero-order valence-electron chi connectivity index (χ0n) is 10.3. The van der Waals surface area contributed by atoms with Crippen molar-refractivity contribution in [3.8, 4) is 0 Å². The fourth-order valence-corrected chi connectivity index (χ4v) is 3.01. The fourth-order valence-electron chi connectivity index (χ4n) is 3.01. The molecule has 6 heteroatoms. The molecule has 18 heavy (non-hydrogen) atoms. The van der Waals surface area contributed by atoms with Gasteiger partial charge in [-0.2, -0.15) is 0 Å². The topological polar surface area (TPSA) is 80.0 Å². The molecular formula is C12H18N4O2. The van der Waals surface area contributed by atoms with Crippen LogP contribution in [0, 0.1) is 0 Å². The zero-order valence-corrected chi connectivity index (χ0v) is 10.3. The summed E-state index contributed by atoms with van der Waals surface area (Å²) < 4.78 is 2.04. The summed E-state index contributed by atoms with van der Waals surface area (Å²) in [7, 11) is 0. The molecule has 0 aromatic carbocycles. The quantitative estimate of drug-likeness (QED) is 0.808. The average molecular weight is 250 g/mol. The highest BCUT2D eigenvalue weighted by Gasteiger charge is 2.32. The van der Waals surface area contributed by atoms with E-state index in [1.807, 2.05) is 4.57 Å². The molecule has 2 atom stereocenters. The van der Waals surface area contributed by atoms with Crippen LogP contribution in [0.2, 0.25) is 0 Å². The predicted molar refractivity (Wildman–Crippen MR) is 64.5 cm³/mol. The number of nitrogens with zero attached hydrogens (tertiary/aromatic N) is 3. The summed E-state index contributed by atoms with van der Waals surface area (Å²) in [5, 5.41) is 21.0. The molecule has 2 aliphatic heterocycles. The maximum Gasteiger partial charge on any atom is 0.314 e. The molecule has 0 bridgehead atoms. The Balaban J connectivity index is 1.91. The maximum atomic E-state index is 11.2. The van der Waals surface area contributed by atoms with Gasteiger partial charge in [0.25, 0.3) is 0 Å². The summed E-state index contributed by atoms with van der Waals surface area (Å²) in [5.74, 6) is 0.748. The second kappa shape index (κ2) is 4.68. The molecule has 1 saturated heterocycles. The van der Waals surface area contributed by atoms with Crippen LogP contribution in [-0.2, 0) is 11.3 Å². The Kier molecular flexibility index (Phi) is 3.03. The molecule has 98 valence electrons. The lowest BCUT2D eigenvalue weighted by atomic mass is 9.96. The molecule has 1 aromatic heterocycles. The van der Waals surface area contributed by atoms with Crippen molar-refractivity contribution < 1.29 is 9.90 Å². The highest BCUT2D eigenvalue weighted by atomic mass is 16.4. The molecule has 0 saturated carbocycles. The predicted octanol–water partition coefficient (Wildman–Crippen LogP) is 0.707. The van der Waals surface area contributed by atoms with Gasteiger partial charge in [-0.15, -0.1) is 10.2 Å². The van der Waals surface area contributed by atoms with Gasteiger partial charge in [-0.05, 0) is 32.2 Å². The summed E-state index contributed by atoms with van der Waals surface area (Å²) in [6, 6.07) is 0. The Morgan fingerprint density at radius 2 is 2.11 bits per heavy atom. The van der Waals surface area contributed by atoms with Crippen molar-refractivity contribution in [2.75, 3.05) is 13.1 Å². The Hall–Kier alpha value is -1.43. The molecule has 6 nitrogen and oxygen atoms in total. The molecule has 1 fully saturated rings. The van der Waals surface area contributed by atoms with Gasteiger partial charge in [0.1, 0.15) is 17.6 Å². The van der Waals surface area contributed by atoms with Crippen molar-refractivity contribution in [2.45, 2.75) is 44.1 Å². The molecule has 3 heterocycles. The van der Waals surface area contributed by atoms with Gasteiger partial charge in [0, 0.05) is 19.0 Å². The third-order valence-electron chi connectivity index (χ3n) is 3.95. The smallest absolute Gasteiger partial charge is 0.314 e. The van der Waals surface area contributed by atoms with E-state index < -0.39 is 11.9 Å². The number of aromatic nitrogens is 3. The molecule has 2 unspecified atom stereocenters. The minimum Gasteiger partial charge on any atom is -0.481 e. The number of nitrogens with one attached hydrogen (secondary N) is 1. The maximum absolute atomic E-state index is 11.2. The van der Waals surface area contributed by atoms with Gasteiger partial charge >= 0.3 is 5.97 Å². The molecule has 2 aliphatic rings. The van der Waals surface area contributed by atoms with Crippen molar-refractivity contribution in [2.24, 2.45) is 0 Å². The van der Waals surface area contributed by atoms with Crippen LogP contribution >= 0.6 is 0 Å². The SMILES string of the molecule is O=C(O)C1CCCn2c(C3CCCNC3)nnc21. The number of aliphatic carboxylic acids is 1. The van der Waals surface area contributed by atoms with Crippen LogP contribution in [0.5, 0.6) is 0 Å². The van der Waals surface area contributed by atoms with E-state index in [9.17, 15) is 9.90 Å². The lowest BCUT2D eigenvalue weighted by molar-refractivity contribution is -0.139. The summed E-state index contributed by atoms with van der Waals surface area (Å²) in [6.07, 6.45) is 3.84. The largest absolute Gasteiger partial charge is 0.481 e. The number of carboxylic acids is 1. The Labute approximate surface area is 105 Å². The highest BCUT2D eigenvalue weighted by Crippen LogP contribution is 2.30.